The molecule has 1 aromatic carbocycles. The largest absolute Gasteiger partial charge is 0.355 e. The summed E-state index contributed by atoms with van der Waals surface area (Å²) in [4.78, 5) is 21.1. The van der Waals surface area contributed by atoms with E-state index in [9.17, 15) is 4.79 Å². The second-order valence-electron chi connectivity index (χ2n) is 5.41. The van der Waals surface area contributed by atoms with Crippen LogP contribution < -0.4 is 5.32 Å². The molecule has 9 heteroatoms. The van der Waals surface area contributed by atoms with Gasteiger partial charge in [0.05, 0.1) is 21.7 Å². The number of hydrogen-bond acceptors (Lipinski definition) is 7. The van der Waals surface area contributed by atoms with E-state index in [1.165, 1.54) is 11.8 Å². The molecule has 1 amide bonds. The second kappa shape index (κ2) is 7.98. The van der Waals surface area contributed by atoms with Crippen LogP contribution in [0.15, 0.2) is 52.4 Å². The van der Waals surface area contributed by atoms with Crippen LogP contribution in [0.2, 0.25) is 0 Å². The monoisotopic (exact) mass is 401 g/mol. The first-order valence-electron chi connectivity index (χ1n) is 7.97. The molecule has 0 spiro atoms. The zero-order valence-electron chi connectivity index (χ0n) is 13.7. The quantitative estimate of drug-likeness (QED) is 0.481. The highest BCUT2D eigenvalue weighted by Crippen LogP contribution is 2.29. The summed E-state index contributed by atoms with van der Waals surface area (Å²) in [6.45, 7) is 0.571. The van der Waals surface area contributed by atoms with E-state index < -0.39 is 0 Å². The maximum absolute atomic E-state index is 12.0. The minimum Gasteiger partial charge on any atom is -0.355 e. The molecule has 3 heterocycles. The average molecular weight is 402 g/mol. The Morgan fingerprint density at radius 2 is 2.15 bits per heavy atom. The summed E-state index contributed by atoms with van der Waals surface area (Å²) in [5, 5.41) is 9.94. The molecule has 3 aromatic heterocycles. The number of nitrogens with zero attached hydrogens (tertiary/aromatic N) is 4. The number of carbonyl (C=O) groups is 1. The number of benzene rings is 1. The van der Waals surface area contributed by atoms with Crippen LogP contribution in [0, 0.1) is 0 Å². The maximum atomic E-state index is 12.0. The molecule has 0 aliphatic carbocycles. The fraction of sp³-hybridized carbons (Fsp3) is 0.176. The van der Waals surface area contributed by atoms with Gasteiger partial charge in [0, 0.05) is 30.7 Å². The van der Waals surface area contributed by atoms with Crippen molar-refractivity contribution in [2.75, 3.05) is 12.3 Å². The van der Waals surface area contributed by atoms with Crippen molar-refractivity contribution in [1.82, 2.24) is 25.1 Å². The van der Waals surface area contributed by atoms with Gasteiger partial charge in [0.15, 0.2) is 4.34 Å². The number of aromatic nitrogens is 4. The Morgan fingerprint density at radius 3 is 3.00 bits per heavy atom. The van der Waals surface area contributed by atoms with E-state index in [1.807, 2.05) is 41.9 Å². The molecule has 0 bridgehead atoms. The minimum absolute atomic E-state index is 0.0109. The molecule has 1 N–H and O–H groups in total. The molecule has 0 aliphatic rings. The molecule has 0 saturated heterocycles. The summed E-state index contributed by atoms with van der Waals surface area (Å²) in [6.07, 6.45) is 4.30. The van der Waals surface area contributed by atoms with Gasteiger partial charge in [-0.05, 0) is 18.2 Å². The van der Waals surface area contributed by atoms with Gasteiger partial charge >= 0.3 is 0 Å². The van der Waals surface area contributed by atoms with Crippen LogP contribution in [-0.2, 0) is 11.2 Å². The summed E-state index contributed by atoms with van der Waals surface area (Å²) in [7, 11) is 0. The summed E-state index contributed by atoms with van der Waals surface area (Å²) in [5.41, 5.74) is 1.94. The van der Waals surface area contributed by atoms with Crippen molar-refractivity contribution in [1.29, 1.82) is 0 Å². The normalized spacial score (nSPS) is 11.1. The molecule has 6 nitrogen and oxygen atoms in total. The van der Waals surface area contributed by atoms with Crippen LogP contribution in [0.3, 0.4) is 0 Å². The van der Waals surface area contributed by atoms with Crippen LogP contribution in [0.25, 0.3) is 15.3 Å². The number of amides is 1. The van der Waals surface area contributed by atoms with Crippen LogP contribution in [0.5, 0.6) is 0 Å². The van der Waals surface area contributed by atoms with Crippen molar-refractivity contribution < 1.29 is 4.79 Å². The standard InChI is InChI=1S/C17H15N5OS3/c23-15(11-25-17-21-13-4-1-2-5-14(13)26-17)18-8-6-12-10-24-16(20-12)22-9-3-7-19-22/h1-5,7,9-10H,6,8,11H2,(H,18,23). The van der Waals surface area contributed by atoms with Crippen molar-refractivity contribution in [3.05, 3.63) is 53.8 Å². The highest BCUT2D eigenvalue weighted by Gasteiger charge is 2.08. The lowest BCUT2D eigenvalue weighted by Crippen LogP contribution is -2.27. The number of carbonyl (C=O) groups excluding carboxylic acids is 1. The summed E-state index contributed by atoms with van der Waals surface area (Å²) >= 11 is 4.63. The number of hydrogen-bond donors (Lipinski definition) is 1. The number of para-hydroxylation sites is 1. The Hall–Kier alpha value is -2.23. The third-order valence-electron chi connectivity index (χ3n) is 3.54. The highest BCUT2D eigenvalue weighted by atomic mass is 32.2. The summed E-state index contributed by atoms with van der Waals surface area (Å²) in [5.74, 6) is 0.381. The highest BCUT2D eigenvalue weighted by molar-refractivity contribution is 8.01. The molecular weight excluding hydrogens is 386 g/mol. The van der Waals surface area contributed by atoms with Gasteiger partial charge in [0.1, 0.15) is 0 Å². The number of thiazole rings is 2. The van der Waals surface area contributed by atoms with E-state index in [4.69, 9.17) is 0 Å². The number of nitrogens with one attached hydrogen (secondary N) is 1. The van der Waals surface area contributed by atoms with Crippen molar-refractivity contribution >= 4 is 50.6 Å². The Labute approximate surface area is 162 Å². The van der Waals surface area contributed by atoms with Gasteiger partial charge < -0.3 is 5.32 Å². The van der Waals surface area contributed by atoms with Gasteiger partial charge in [-0.2, -0.15) is 5.10 Å². The van der Waals surface area contributed by atoms with Gasteiger partial charge in [0.25, 0.3) is 0 Å². The molecular formula is C17H15N5OS3. The number of rotatable bonds is 7. The van der Waals surface area contributed by atoms with Gasteiger partial charge in [-0.1, -0.05) is 23.9 Å². The molecule has 4 rings (SSSR count). The lowest BCUT2D eigenvalue weighted by Gasteiger charge is -2.02. The molecule has 132 valence electrons. The second-order valence-corrected chi connectivity index (χ2v) is 8.50. The zero-order chi connectivity index (χ0) is 17.8. The lowest BCUT2D eigenvalue weighted by molar-refractivity contribution is -0.118. The topological polar surface area (TPSA) is 72.7 Å². The van der Waals surface area contributed by atoms with Gasteiger partial charge in [-0.3, -0.25) is 4.79 Å². The van der Waals surface area contributed by atoms with E-state index in [0.29, 0.717) is 18.7 Å². The van der Waals surface area contributed by atoms with Gasteiger partial charge in [0.2, 0.25) is 11.0 Å². The molecule has 0 radical (unpaired) electrons. The fourth-order valence-electron chi connectivity index (χ4n) is 2.32. The third kappa shape index (κ3) is 4.12. The Bertz CT molecular complexity index is 975. The van der Waals surface area contributed by atoms with E-state index in [0.717, 1.165) is 25.4 Å². The average Bonchev–Trinajstić information content (AvgIpc) is 3.38. The van der Waals surface area contributed by atoms with Crippen LogP contribution in [0.1, 0.15) is 5.69 Å². The molecule has 0 aliphatic heterocycles. The predicted molar refractivity (Wildman–Crippen MR) is 106 cm³/mol. The SMILES string of the molecule is O=C(CSc1nc2ccccc2s1)NCCc1csc(-n2cccn2)n1. The summed E-state index contributed by atoms with van der Waals surface area (Å²) in [6, 6.07) is 9.87. The smallest absolute Gasteiger partial charge is 0.230 e. The number of fused-ring (bicyclic) bond motifs is 1. The molecule has 0 fully saturated rings. The molecule has 0 saturated carbocycles. The number of thioether (sulfide) groups is 1. The first kappa shape index (κ1) is 17.2. The Morgan fingerprint density at radius 1 is 1.23 bits per heavy atom. The maximum Gasteiger partial charge on any atom is 0.230 e. The van der Waals surface area contributed by atoms with E-state index in [-0.39, 0.29) is 5.91 Å². The van der Waals surface area contributed by atoms with Gasteiger partial charge in [-0.15, -0.1) is 22.7 Å². The van der Waals surface area contributed by atoms with E-state index >= 15 is 0 Å². The Kier molecular flexibility index (Phi) is 5.28. The predicted octanol–water partition coefficient (Wildman–Crippen LogP) is 3.39. The lowest BCUT2D eigenvalue weighted by atomic mass is 10.3. The van der Waals surface area contributed by atoms with Crippen LogP contribution in [-0.4, -0.2) is 38.0 Å². The minimum atomic E-state index is 0.0109. The molecule has 0 atom stereocenters. The van der Waals surface area contributed by atoms with Crippen molar-refractivity contribution in [3.63, 3.8) is 0 Å². The first-order valence-corrected chi connectivity index (χ1v) is 10.7. The van der Waals surface area contributed by atoms with Gasteiger partial charge in [-0.25, -0.2) is 14.6 Å². The van der Waals surface area contributed by atoms with Crippen molar-refractivity contribution in [2.24, 2.45) is 0 Å². The third-order valence-corrected chi connectivity index (χ3v) is 6.60. The van der Waals surface area contributed by atoms with Crippen LogP contribution in [0.4, 0.5) is 0 Å². The van der Waals surface area contributed by atoms with Crippen molar-refractivity contribution in [3.8, 4) is 5.13 Å². The zero-order valence-corrected chi connectivity index (χ0v) is 16.1. The van der Waals surface area contributed by atoms with Crippen molar-refractivity contribution in [2.45, 2.75) is 10.8 Å². The Balaban J connectivity index is 1.23. The molecule has 4 aromatic rings. The molecule has 26 heavy (non-hydrogen) atoms. The van der Waals surface area contributed by atoms with E-state index in [1.54, 1.807) is 33.6 Å². The first-order chi connectivity index (χ1) is 12.8. The van der Waals surface area contributed by atoms with E-state index in [2.05, 4.69) is 20.4 Å². The molecule has 0 unspecified atom stereocenters. The van der Waals surface area contributed by atoms with Crippen LogP contribution >= 0.6 is 34.4 Å². The fourth-order valence-corrected chi connectivity index (χ4v) is 5.02. The summed E-state index contributed by atoms with van der Waals surface area (Å²) < 4.78 is 3.80.